The summed E-state index contributed by atoms with van der Waals surface area (Å²) in [6, 6.07) is 9.94. The lowest BCUT2D eigenvalue weighted by Crippen LogP contribution is -2.48. The van der Waals surface area contributed by atoms with E-state index in [1.807, 2.05) is 56.3 Å². The van der Waals surface area contributed by atoms with Gasteiger partial charge in [-0.3, -0.25) is 4.79 Å². The molecule has 0 saturated carbocycles. The molecule has 100 valence electrons. The summed E-state index contributed by atoms with van der Waals surface area (Å²) in [6.45, 7) is 3.88. The summed E-state index contributed by atoms with van der Waals surface area (Å²) in [5, 5.41) is 0. The van der Waals surface area contributed by atoms with Gasteiger partial charge in [-0.25, -0.2) is 0 Å². The molecular formula is C16H18O3. The fourth-order valence-electron chi connectivity index (χ4n) is 2.70. The second-order valence-corrected chi connectivity index (χ2v) is 5.25. The summed E-state index contributed by atoms with van der Waals surface area (Å²) >= 11 is 0. The van der Waals surface area contributed by atoms with Crippen LogP contribution in [0.25, 0.3) is 0 Å². The number of benzene rings is 1. The van der Waals surface area contributed by atoms with Gasteiger partial charge >= 0.3 is 0 Å². The van der Waals surface area contributed by atoms with Gasteiger partial charge in [-0.1, -0.05) is 49.4 Å². The highest BCUT2D eigenvalue weighted by atomic mass is 16.6. The number of hydrogen-bond donors (Lipinski definition) is 0. The Labute approximate surface area is 113 Å². The molecule has 3 heteroatoms. The van der Waals surface area contributed by atoms with Crippen LogP contribution in [0.3, 0.4) is 0 Å². The molecule has 0 N–H and O–H groups in total. The van der Waals surface area contributed by atoms with E-state index < -0.39 is 6.10 Å². The van der Waals surface area contributed by atoms with Crippen molar-refractivity contribution in [2.45, 2.75) is 38.3 Å². The smallest absolute Gasteiger partial charge is 0.170 e. The summed E-state index contributed by atoms with van der Waals surface area (Å²) < 4.78 is 11.7. The normalized spacial score (nSPS) is 34.5. The zero-order valence-electron chi connectivity index (χ0n) is 11.2. The van der Waals surface area contributed by atoms with Crippen LogP contribution in [0.1, 0.15) is 25.5 Å². The van der Waals surface area contributed by atoms with Gasteiger partial charge in [-0.05, 0) is 12.5 Å². The molecule has 0 aromatic heterocycles. The van der Waals surface area contributed by atoms with Crippen LogP contribution in [0.15, 0.2) is 42.5 Å². The quantitative estimate of drug-likeness (QED) is 0.782. The predicted molar refractivity (Wildman–Crippen MR) is 71.7 cm³/mol. The lowest BCUT2D eigenvalue weighted by Gasteiger charge is -2.34. The Morgan fingerprint density at radius 3 is 2.58 bits per heavy atom. The average Bonchev–Trinajstić information content (AvgIpc) is 2.89. The number of carbonyl (C=O) groups is 1. The summed E-state index contributed by atoms with van der Waals surface area (Å²) in [7, 11) is 0. The van der Waals surface area contributed by atoms with Crippen LogP contribution in [-0.4, -0.2) is 24.1 Å². The number of ketones is 1. The minimum Gasteiger partial charge on any atom is -0.363 e. The zero-order valence-corrected chi connectivity index (χ0v) is 11.2. The highest BCUT2D eigenvalue weighted by Gasteiger charge is 2.45. The van der Waals surface area contributed by atoms with Crippen LogP contribution in [0.2, 0.25) is 0 Å². The van der Waals surface area contributed by atoms with Crippen molar-refractivity contribution in [3.63, 3.8) is 0 Å². The van der Waals surface area contributed by atoms with Crippen LogP contribution in [0, 0.1) is 5.92 Å². The summed E-state index contributed by atoms with van der Waals surface area (Å²) in [5.41, 5.74) is 1.08. The topological polar surface area (TPSA) is 35.5 Å². The first kappa shape index (κ1) is 12.6. The first-order chi connectivity index (χ1) is 9.16. The number of rotatable bonds is 3. The predicted octanol–water partition coefficient (Wildman–Crippen LogP) is 2.68. The highest BCUT2D eigenvalue weighted by Crippen LogP contribution is 2.33. The Kier molecular flexibility index (Phi) is 3.25. The minimum atomic E-state index is -0.486. The van der Waals surface area contributed by atoms with Gasteiger partial charge in [0.2, 0.25) is 0 Å². The maximum atomic E-state index is 12.3. The van der Waals surface area contributed by atoms with Gasteiger partial charge in [0.15, 0.2) is 5.78 Å². The van der Waals surface area contributed by atoms with Crippen LogP contribution in [0.4, 0.5) is 0 Å². The van der Waals surface area contributed by atoms with Gasteiger partial charge in [0.25, 0.3) is 0 Å². The van der Waals surface area contributed by atoms with Gasteiger partial charge in [0.05, 0.1) is 12.2 Å². The Balaban J connectivity index is 1.75. The Bertz CT molecular complexity index is 494. The van der Waals surface area contributed by atoms with Gasteiger partial charge in [-0.2, -0.15) is 0 Å². The molecule has 5 atom stereocenters. The molecule has 2 aliphatic heterocycles. The van der Waals surface area contributed by atoms with E-state index >= 15 is 0 Å². The van der Waals surface area contributed by atoms with Crippen molar-refractivity contribution in [3.05, 3.63) is 48.0 Å². The monoisotopic (exact) mass is 258 g/mol. The van der Waals surface area contributed by atoms with Crippen LogP contribution >= 0.6 is 0 Å². The molecule has 1 saturated heterocycles. The zero-order chi connectivity index (χ0) is 13.4. The number of carbonyl (C=O) groups excluding carboxylic acids is 1. The molecule has 0 amide bonds. The van der Waals surface area contributed by atoms with Crippen molar-refractivity contribution in [1.82, 2.24) is 0 Å². The van der Waals surface area contributed by atoms with Crippen molar-refractivity contribution >= 4 is 5.78 Å². The SMILES string of the molecule is CC(O[C@H]1C(=O)[C@@H](C)[C@H]2C=C[C@@H]1O2)c1ccccc1. The van der Waals surface area contributed by atoms with Crippen LogP contribution in [0.5, 0.6) is 0 Å². The molecule has 1 fully saturated rings. The standard InChI is InChI=1S/C16H18O3/c1-10-13-8-9-14(19-13)16(15(10)17)18-11(2)12-6-4-3-5-7-12/h3-11,13-14,16H,1-2H3/t10-,11?,13+,14-,16+/m0/s1. The molecule has 19 heavy (non-hydrogen) atoms. The van der Waals surface area contributed by atoms with Crippen LogP contribution in [-0.2, 0) is 14.3 Å². The van der Waals surface area contributed by atoms with Gasteiger partial charge in [-0.15, -0.1) is 0 Å². The number of hydrogen-bond acceptors (Lipinski definition) is 3. The van der Waals surface area contributed by atoms with Crippen molar-refractivity contribution in [3.8, 4) is 0 Å². The lowest BCUT2D eigenvalue weighted by molar-refractivity contribution is -0.167. The molecule has 2 aliphatic rings. The van der Waals surface area contributed by atoms with Crippen molar-refractivity contribution < 1.29 is 14.3 Å². The average molecular weight is 258 g/mol. The Morgan fingerprint density at radius 1 is 1.16 bits per heavy atom. The third-order valence-corrected chi connectivity index (χ3v) is 3.94. The third kappa shape index (κ3) is 2.24. The maximum Gasteiger partial charge on any atom is 0.170 e. The molecule has 1 unspecified atom stereocenters. The Morgan fingerprint density at radius 2 is 1.84 bits per heavy atom. The van der Waals surface area contributed by atoms with E-state index in [4.69, 9.17) is 9.47 Å². The number of fused-ring (bicyclic) bond motifs is 2. The van der Waals surface area contributed by atoms with Crippen LogP contribution < -0.4 is 0 Å². The molecule has 0 aliphatic carbocycles. The van der Waals surface area contributed by atoms with E-state index in [0.29, 0.717) is 0 Å². The largest absolute Gasteiger partial charge is 0.363 e. The fourth-order valence-corrected chi connectivity index (χ4v) is 2.70. The second-order valence-electron chi connectivity index (χ2n) is 5.25. The van der Waals surface area contributed by atoms with Crippen molar-refractivity contribution in [1.29, 1.82) is 0 Å². The number of Topliss-reactive ketones (excluding diaryl/α,β-unsaturated/α-hetero) is 1. The lowest BCUT2D eigenvalue weighted by atomic mass is 9.93. The van der Waals surface area contributed by atoms with E-state index in [1.165, 1.54) is 0 Å². The molecule has 3 nitrogen and oxygen atoms in total. The van der Waals surface area contributed by atoms with E-state index in [0.717, 1.165) is 5.56 Å². The molecule has 1 aromatic carbocycles. The molecule has 0 spiro atoms. The molecule has 1 aromatic rings. The number of ether oxygens (including phenoxy) is 2. The summed E-state index contributed by atoms with van der Waals surface area (Å²) in [4.78, 5) is 12.3. The van der Waals surface area contributed by atoms with Gasteiger partial charge in [0.1, 0.15) is 12.2 Å². The van der Waals surface area contributed by atoms with Gasteiger partial charge in [0, 0.05) is 5.92 Å². The first-order valence-corrected chi connectivity index (χ1v) is 6.75. The molecule has 2 bridgehead atoms. The molecular weight excluding hydrogens is 240 g/mol. The molecule has 3 rings (SSSR count). The summed E-state index contributed by atoms with van der Waals surface area (Å²) in [5.74, 6) is 0.0250. The van der Waals surface area contributed by atoms with E-state index in [-0.39, 0.29) is 30.0 Å². The fraction of sp³-hybridized carbons (Fsp3) is 0.438. The van der Waals surface area contributed by atoms with E-state index in [1.54, 1.807) is 0 Å². The van der Waals surface area contributed by atoms with E-state index in [9.17, 15) is 4.79 Å². The highest BCUT2D eigenvalue weighted by molar-refractivity contribution is 5.88. The van der Waals surface area contributed by atoms with Gasteiger partial charge < -0.3 is 9.47 Å². The second kappa shape index (κ2) is 4.91. The van der Waals surface area contributed by atoms with Crippen molar-refractivity contribution in [2.24, 2.45) is 5.92 Å². The third-order valence-electron chi connectivity index (χ3n) is 3.94. The summed E-state index contributed by atoms with van der Waals surface area (Å²) in [6.07, 6.45) is 3.04. The van der Waals surface area contributed by atoms with E-state index in [2.05, 4.69) is 0 Å². The van der Waals surface area contributed by atoms with Crippen molar-refractivity contribution in [2.75, 3.05) is 0 Å². The Hall–Kier alpha value is -1.45. The maximum absolute atomic E-state index is 12.3. The first-order valence-electron chi connectivity index (χ1n) is 6.75. The molecule has 2 heterocycles. The minimum absolute atomic E-state index is 0.0654. The molecule has 0 radical (unpaired) electrons.